The van der Waals surface area contributed by atoms with Gasteiger partial charge in [0.2, 0.25) is 0 Å². The quantitative estimate of drug-likeness (QED) is 0.530. The predicted octanol–water partition coefficient (Wildman–Crippen LogP) is -0.181. The van der Waals surface area contributed by atoms with Crippen LogP contribution in [0.25, 0.3) is 0 Å². The first kappa shape index (κ1) is 12.6. The van der Waals surface area contributed by atoms with Crippen LogP contribution in [0.3, 0.4) is 0 Å². The van der Waals surface area contributed by atoms with Gasteiger partial charge in [-0.25, -0.2) is 0 Å². The fraction of sp³-hybridized carbons (Fsp3) is 0.500. The molecule has 4 nitrogen and oxygen atoms in total. The number of hydrogen-bond acceptors (Lipinski definition) is 4. The van der Waals surface area contributed by atoms with E-state index in [9.17, 15) is 0 Å². The number of nitrogens with one attached hydrogen (secondary N) is 1. The van der Waals surface area contributed by atoms with Crippen molar-refractivity contribution in [2.45, 2.75) is 13.5 Å². The van der Waals surface area contributed by atoms with Gasteiger partial charge in [-0.2, -0.15) is 0 Å². The van der Waals surface area contributed by atoms with Crippen molar-refractivity contribution < 1.29 is 14.4 Å². The van der Waals surface area contributed by atoms with Crippen LogP contribution in [0.15, 0.2) is 18.2 Å². The van der Waals surface area contributed by atoms with E-state index in [2.05, 4.69) is 30.4 Å². The minimum Gasteiger partial charge on any atom is -0.406 e. The molecule has 0 saturated heterocycles. The first-order valence-corrected chi connectivity index (χ1v) is 5.95. The number of aliphatic hydroxyl groups is 1. The monoisotopic (exact) mass is 235 g/mol. The Bertz CT molecular complexity index is 373. The summed E-state index contributed by atoms with van der Waals surface area (Å²) in [6, 6.07) is 6.29. The lowest BCUT2D eigenvalue weighted by molar-refractivity contribution is 0.209. The summed E-state index contributed by atoms with van der Waals surface area (Å²) in [6.45, 7) is 4.77. The van der Waals surface area contributed by atoms with Gasteiger partial charge in [0.25, 0.3) is 0 Å². The second kappa shape index (κ2) is 6.16. The highest BCUT2D eigenvalue weighted by Gasteiger charge is 2.30. The molecule has 0 aliphatic carbocycles. The molecule has 5 heteroatoms. The third-order valence-corrected chi connectivity index (χ3v) is 2.78. The molecule has 2 rings (SSSR count). The minimum atomic E-state index is -0.235. The molecule has 1 aliphatic heterocycles. The number of hydrogen-bond donors (Lipinski definition) is 2. The second-order valence-electron chi connectivity index (χ2n) is 4.19. The summed E-state index contributed by atoms with van der Waals surface area (Å²) in [5, 5.41) is 11.7. The van der Waals surface area contributed by atoms with Gasteiger partial charge in [0, 0.05) is 19.7 Å². The summed E-state index contributed by atoms with van der Waals surface area (Å²) in [5.74, 6) is 0. The molecule has 0 amide bonds. The zero-order valence-corrected chi connectivity index (χ0v) is 10.1. The SMILES string of the molecule is Cc1ccc2c(c1)COB2OCCNCCO. The maximum atomic E-state index is 8.61. The molecule has 0 aromatic heterocycles. The molecule has 1 aliphatic rings. The molecule has 0 radical (unpaired) electrons. The van der Waals surface area contributed by atoms with Gasteiger partial charge in [-0.05, 0) is 17.9 Å². The largest absolute Gasteiger partial charge is 0.494 e. The lowest BCUT2D eigenvalue weighted by Crippen LogP contribution is -2.35. The van der Waals surface area contributed by atoms with Gasteiger partial charge < -0.3 is 19.7 Å². The van der Waals surface area contributed by atoms with Crippen LogP contribution >= 0.6 is 0 Å². The van der Waals surface area contributed by atoms with E-state index in [1.165, 1.54) is 11.1 Å². The average molecular weight is 235 g/mol. The van der Waals surface area contributed by atoms with Gasteiger partial charge in [0.05, 0.1) is 13.2 Å². The molecule has 2 N–H and O–H groups in total. The number of fused-ring (bicyclic) bond motifs is 1. The maximum absolute atomic E-state index is 8.61. The molecule has 92 valence electrons. The molecule has 1 heterocycles. The van der Waals surface area contributed by atoms with Crippen molar-refractivity contribution >= 4 is 12.6 Å². The number of aliphatic hydroxyl groups excluding tert-OH is 1. The van der Waals surface area contributed by atoms with Crippen molar-refractivity contribution in [3.8, 4) is 0 Å². The Labute approximate surface area is 102 Å². The molecule has 0 atom stereocenters. The van der Waals surface area contributed by atoms with Crippen molar-refractivity contribution in [3.05, 3.63) is 29.3 Å². The van der Waals surface area contributed by atoms with Crippen LogP contribution in [0.2, 0.25) is 0 Å². The number of rotatable bonds is 6. The normalized spacial score (nSPS) is 14.1. The van der Waals surface area contributed by atoms with E-state index >= 15 is 0 Å². The zero-order chi connectivity index (χ0) is 12.1. The van der Waals surface area contributed by atoms with Crippen LogP contribution < -0.4 is 10.8 Å². The Hall–Kier alpha value is -0.875. The molecule has 0 bridgehead atoms. The highest BCUT2D eigenvalue weighted by atomic mass is 16.6. The van der Waals surface area contributed by atoms with Crippen LogP contribution in [0.5, 0.6) is 0 Å². The molecule has 0 fully saturated rings. The Morgan fingerprint density at radius 3 is 3.18 bits per heavy atom. The van der Waals surface area contributed by atoms with Crippen LogP contribution in [-0.4, -0.2) is 38.5 Å². The van der Waals surface area contributed by atoms with Gasteiger partial charge in [0.15, 0.2) is 0 Å². The fourth-order valence-electron chi connectivity index (χ4n) is 1.92. The highest BCUT2D eigenvalue weighted by molar-refractivity contribution is 6.62. The van der Waals surface area contributed by atoms with E-state index < -0.39 is 0 Å². The smallest absolute Gasteiger partial charge is 0.406 e. The maximum Gasteiger partial charge on any atom is 0.494 e. The van der Waals surface area contributed by atoms with E-state index in [1.54, 1.807) is 0 Å². The Morgan fingerprint density at radius 2 is 2.35 bits per heavy atom. The van der Waals surface area contributed by atoms with Gasteiger partial charge >= 0.3 is 7.12 Å². The fourth-order valence-corrected chi connectivity index (χ4v) is 1.92. The third kappa shape index (κ3) is 3.29. The summed E-state index contributed by atoms with van der Waals surface area (Å²) < 4.78 is 11.2. The van der Waals surface area contributed by atoms with Gasteiger partial charge in [-0.1, -0.05) is 23.8 Å². The van der Waals surface area contributed by atoms with E-state index in [1.807, 2.05) is 0 Å². The van der Waals surface area contributed by atoms with Crippen LogP contribution in [0, 0.1) is 6.92 Å². The van der Waals surface area contributed by atoms with Gasteiger partial charge in [-0.3, -0.25) is 0 Å². The summed E-state index contributed by atoms with van der Waals surface area (Å²) in [5.41, 5.74) is 3.61. The first-order valence-electron chi connectivity index (χ1n) is 5.95. The van der Waals surface area contributed by atoms with Crippen molar-refractivity contribution in [2.75, 3.05) is 26.3 Å². The Kier molecular flexibility index (Phi) is 4.56. The minimum absolute atomic E-state index is 0.155. The Balaban J connectivity index is 1.81. The van der Waals surface area contributed by atoms with Crippen molar-refractivity contribution in [3.63, 3.8) is 0 Å². The van der Waals surface area contributed by atoms with Gasteiger partial charge in [-0.15, -0.1) is 0 Å². The molecule has 0 unspecified atom stereocenters. The lowest BCUT2D eigenvalue weighted by atomic mass is 9.78. The van der Waals surface area contributed by atoms with Crippen molar-refractivity contribution in [1.82, 2.24) is 5.32 Å². The highest BCUT2D eigenvalue weighted by Crippen LogP contribution is 2.12. The summed E-state index contributed by atoms with van der Waals surface area (Å²) in [7, 11) is -0.235. The summed E-state index contributed by atoms with van der Waals surface area (Å²) in [6.07, 6.45) is 0. The Morgan fingerprint density at radius 1 is 1.47 bits per heavy atom. The molecular formula is C12H18BNO3. The zero-order valence-electron chi connectivity index (χ0n) is 10.1. The lowest BCUT2D eigenvalue weighted by Gasteiger charge is -2.09. The molecule has 0 spiro atoms. The van der Waals surface area contributed by atoms with Crippen LogP contribution in [0.1, 0.15) is 11.1 Å². The summed E-state index contributed by atoms with van der Waals surface area (Å²) in [4.78, 5) is 0. The van der Waals surface area contributed by atoms with E-state index in [-0.39, 0.29) is 13.7 Å². The number of benzene rings is 1. The second-order valence-corrected chi connectivity index (χ2v) is 4.19. The standard InChI is InChI=1S/C12H18BNO3/c1-10-2-3-12-11(8-10)9-17-13(12)16-7-5-14-4-6-15/h2-3,8,14-15H,4-7,9H2,1H3. The molecule has 1 aromatic carbocycles. The summed E-state index contributed by atoms with van der Waals surface area (Å²) >= 11 is 0. The number of aryl methyl sites for hydroxylation is 1. The van der Waals surface area contributed by atoms with Crippen molar-refractivity contribution in [1.29, 1.82) is 0 Å². The predicted molar refractivity (Wildman–Crippen MR) is 67.3 cm³/mol. The molecule has 17 heavy (non-hydrogen) atoms. The van der Waals surface area contributed by atoms with E-state index in [0.29, 0.717) is 19.8 Å². The van der Waals surface area contributed by atoms with Crippen LogP contribution in [-0.2, 0) is 15.9 Å². The molecular weight excluding hydrogens is 217 g/mol. The van der Waals surface area contributed by atoms with E-state index in [0.717, 1.165) is 12.0 Å². The van der Waals surface area contributed by atoms with Crippen molar-refractivity contribution in [2.24, 2.45) is 0 Å². The van der Waals surface area contributed by atoms with Gasteiger partial charge in [0.1, 0.15) is 0 Å². The van der Waals surface area contributed by atoms with E-state index in [4.69, 9.17) is 14.4 Å². The topological polar surface area (TPSA) is 50.7 Å². The first-order chi connectivity index (χ1) is 8.31. The third-order valence-electron chi connectivity index (χ3n) is 2.78. The van der Waals surface area contributed by atoms with Crippen LogP contribution in [0.4, 0.5) is 0 Å². The molecule has 0 saturated carbocycles. The molecule has 1 aromatic rings. The average Bonchev–Trinajstić information content (AvgIpc) is 2.71.